The van der Waals surface area contributed by atoms with Gasteiger partial charge in [-0.3, -0.25) is 0 Å². The van der Waals surface area contributed by atoms with Crippen molar-refractivity contribution in [3.05, 3.63) is 52.9 Å². The molecule has 1 aliphatic heterocycles. The van der Waals surface area contributed by atoms with Gasteiger partial charge >= 0.3 is 0 Å². The quantitative estimate of drug-likeness (QED) is 0.649. The molecule has 0 bridgehead atoms. The highest BCUT2D eigenvalue weighted by atomic mass is 16.5. The summed E-state index contributed by atoms with van der Waals surface area (Å²) in [6.07, 6.45) is 3.47. The van der Waals surface area contributed by atoms with Crippen molar-refractivity contribution in [3.63, 3.8) is 0 Å². The summed E-state index contributed by atoms with van der Waals surface area (Å²) in [5.74, 6) is 3.80. The van der Waals surface area contributed by atoms with E-state index in [0.29, 0.717) is 5.92 Å². The highest BCUT2D eigenvalue weighted by Gasteiger charge is 2.24. The van der Waals surface area contributed by atoms with E-state index in [1.807, 2.05) is 42.8 Å². The van der Waals surface area contributed by atoms with Gasteiger partial charge in [-0.1, -0.05) is 17.3 Å². The van der Waals surface area contributed by atoms with E-state index in [2.05, 4.69) is 5.16 Å². The summed E-state index contributed by atoms with van der Waals surface area (Å²) in [5, 5.41) is 8.95. The first-order chi connectivity index (χ1) is 13.7. The lowest BCUT2D eigenvalue weighted by atomic mass is 10.00. The number of nitrogens with zero attached hydrogens (tertiary/aromatic N) is 4. The van der Waals surface area contributed by atoms with Crippen LogP contribution < -0.4 is 4.74 Å². The Bertz CT molecular complexity index is 922. The van der Waals surface area contributed by atoms with Crippen LogP contribution >= 0.6 is 0 Å². The van der Waals surface area contributed by atoms with Crippen LogP contribution in [0.2, 0.25) is 0 Å². The molecule has 0 N–H and O–H groups in total. The molecule has 0 aliphatic carbocycles. The zero-order chi connectivity index (χ0) is 19.5. The molecule has 0 unspecified atom stereocenters. The van der Waals surface area contributed by atoms with Crippen LogP contribution in [0.3, 0.4) is 0 Å². The van der Waals surface area contributed by atoms with Gasteiger partial charge in [-0.05, 0) is 45.2 Å². The van der Waals surface area contributed by atoms with Crippen LogP contribution in [0.1, 0.15) is 47.4 Å². The topological polar surface area (TPSA) is 75.2 Å². The number of para-hydroxylation sites is 2. The Morgan fingerprint density at radius 1 is 1.14 bits per heavy atom. The number of aryl methyl sites for hydroxylation is 3. The monoisotopic (exact) mass is 382 g/mol. The minimum Gasteiger partial charge on any atom is -0.494 e. The lowest BCUT2D eigenvalue weighted by Gasteiger charge is -2.18. The van der Waals surface area contributed by atoms with Gasteiger partial charge in [0.25, 0.3) is 0 Å². The summed E-state index contributed by atoms with van der Waals surface area (Å²) in [5.41, 5.74) is 2.98. The van der Waals surface area contributed by atoms with Gasteiger partial charge in [0.15, 0.2) is 5.82 Å². The number of hydrogen-bond acceptors (Lipinski definition) is 6. The fourth-order valence-corrected chi connectivity index (χ4v) is 3.75. The molecule has 7 nitrogen and oxygen atoms in total. The molecular formula is C21H26N4O3. The average molecular weight is 382 g/mol. The first kappa shape index (κ1) is 18.7. The van der Waals surface area contributed by atoms with E-state index in [4.69, 9.17) is 24.1 Å². The maximum absolute atomic E-state index is 5.56. The lowest BCUT2D eigenvalue weighted by molar-refractivity contribution is 0.0836. The fraction of sp³-hybridized carbons (Fsp3) is 0.476. The van der Waals surface area contributed by atoms with Crippen LogP contribution in [-0.4, -0.2) is 40.2 Å². The largest absolute Gasteiger partial charge is 0.494 e. The molecule has 3 aromatic rings. The Labute approximate surface area is 164 Å². The van der Waals surface area contributed by atoms with Gasteiger partial charge in [0, 0.05) is 31.1 Å². The molecular weight excluding hydrogens is 356 g/mol. The highest BCUT2D eigenvalue weighted by Crippen LogP contribution is 2.28. The van der Waals surface area contributed by atoms with Crippen molar-refractivity contribution in [3.8, 4) is 11.4 Å². The van der Waals surface area contributed by atoms with Gasteiger partial charge in [-0.2, -0.15) is 5.10 Å². The molecule has 1 aromatic carbocycles. The number of aromatic nitrogens is 4. The van der Waals surface area contributed by atoms with E-state index < -0.39 is 0 Å². The van der Waals surface area contributed by atoms with E-state index in [1.54, 1.807) is 7.11 Å². The molecule has 1 saturated heterocycles. The zero-order valence-corrected chi connectivity index (χ0v) is 16.6. The van der Waals surface area contributed by atoms with Crippen molar-refractivity contribution in [2.45, 2.75) is 45.4 Å². The van der Waals surface area contributed by atoms with Gasteiger partial charge < -0.3 is 14.0 Å². The van der Waals surface area contributed by atoms with Crippen LogP contribution in [0.5, 0.6) is 5.75 Å². The number of methoxy groups -OCH3 is 1. The van der Waals surface area contributed by atoms with E-state index >= 15 is 0 Å². The molecule has 0 amide bonds. The Balaban J connectivity index is 1.69. The Morgan fingerprint density at radius 3 is 2.64 bits per heavy atom. The maximum atomic E-state index is 5.56. The maximum Gasteiger partial charge on any atom is 0.154 e. The third-order valence-corrected chi connectivity index (χ3v) is 5.37. The summed E-state index contributed by atoms with van der Waals surface area (Å²) in [4.78, 5) is 4.93. The van der Waals surface area contributed by atoms with Crippen molar-refractivity contribution in [1.29, 1.82) is 0 Å². The molecule has 28 heavy (non-hydrogen) atoms. The first-order valence-electron chi connectivity index (χ1n) is 9.76. The van der Waals surface area contributed by atoms with Crippen LogP contribution in [0.25, 0.3) is 5.69 Å². The molecule has 2 aromatic heterocycles. The third-order valence-electron chi connectivity index (χ3n) is 5.37. The molecule has 0 saturated carbocycles. The van der Waals surface area contributed by atoms with Gasteiger partial charge in [0.05, 0.1) is 12.8 Å². The Kier molecular flexibility index (Phi) is 5.43. The molecule has 0 atom stereocenters. The van der Waals surface area contributed by atoms with Crippen LogP contribution in [-0.2, 0) is 17.6 Å². The number of benzene rings is 1. The van der Waals surface area contributed by atoms with Crippen LogP contribution in [0, 0.1) is 13.8 Å². The number of rotatable bonds is 6. The molecule has 0 spiro atoms. The van der Waals surface area contributed by atoms with Crippen molar-refractivity contribution in [2.75, 3.05) is 20.3 Å². The van der Waals surface area contributed by atoms with Crippen molar-refractivity contribution >= 4 is 0 Å². The van der Waals surface area contributed by atoms with Crippen molar-refractivity contribution in [2.24, 2.45) is 0 Å². The normalized spacial score (nSPS) is 15.1. The summed E-state index contributed by atoms with van der Waals surface area (Å²) in [7, 11) is 1.68. The Hall–Kier alpha value is -2.67. The molecule has 4 rings (SSSR count). The molecule has 7 heteroatoms. The minimum absolute atomic E-state index is 0.336. The van der Waals surface area contributed by atoms with Crippen LogP contribution in [0.15, 0.2) is 28.8 Å². The SMILES string of the molecule is COc1ccccc1-n1nc(C2CCOCC2)nc1CCc1c(C)noc1C. The molecule has 3 heterocycles. The van der Waals surface area contributed by atoms with Crippen LogP contribution in [0.4, 0.5) is 0 Å². The summed E-state index contributed by atoms with van der Waals surface area (Å²) in [6, 6.07) is 7.91. The van der Waals surface area contributed by atoms with Gasteiger partial charge in [0.1, 0.15) is 23.0 Å². The number of hydrogen-bond donors (Lipinski definition) is 0. The fourth-order valence-electron chi connectivity index (χ4n) is 3.75. The first-order valence-corrected chi connectivity index (χ1v) is 9.76. The minimum atomic E-state index is 0.336. The molecule has 0 radical (unpaired) electrons. The summed E-state index contributed by atoms with van der Waals surface area (Å²) >= 11 is 0. The molecule has 148 valence electrons. The summed E-state index contributed by atoms with van der Waals surface area (Å²) in [6.45, 7) is 5.46. The van der Waals surface area contributed by atoms with Gasteiger partial charge in [0.2, 0.25) is 0 Å². The van der Waals surface area contributed by atoms with Crippen molar-refractivity contribution in [1.82, 2.24) is 19.9 Å². The standard InChI is InChI=1S/C21H26N4O3/c1-14-17(15(2)28-24-14)8-9-20-22-21(16-10-12-27-13-11-16)23-25(20)18-6-4-5-7-19(18)26-3/h4-7,16H,8-13H2,1-3H3. The van der Waals surface area contributed by atoms with E-state index in [9.17, 15) is 0 Å². The second kappa shape index (κ2) is 8.14. The molecule has 1 aliphatic rings. The second-order valence-corrected chi connectivity index (χ2v) is 7.16. The zero-order valence-electron chi connectivity index (χ0n) is 16.6. The smallest absolute Gasteiger partial charge is 0.154 e. The highest BCUT2D eigenvalue weighted by molar-refractivity contribution is 5.46. The Morgan fingerprint density at radius 2 is 1.93 bits per heavy atom. The summed E-state index contributed by atoms with van der Waals surface area (Å²) < 4.78 is 18.3. The van der Waals surface area contributed by atoms with Gasteiger partial charge in [-0.15, -0.1) is 0 Å². The van der Waals surface area contributed by atoms with Gasteiger partial charge in [-0.25, -0.2) is 9.67 Å². The molecule has 1 fully saturated rings. The van der Waals surface area contributed by atoms with E-state index in [-0.39, 0.29) is 0 Å². The number of ether oxygens (including phenoxy) is 2. The predicted octanol–water partition coefficient (Wildman–Crippen LogP) is 3.56. The third kappa shape index (κ3) is 3.67. The van der Waals surface area contributed by atoms with Crippen molar-refractivity contribution < 1.29 is 14.0 Å². The average Bonchev–Trinajstić information content (AvgIpc) is 3.30. The van der Waals surface area contributed by atoms with E-state index in [1.165, 1.54) is 0 Å². The second-order valence-electron chi connectivity index (χ2n) is 7.16. The van der Waals surface area contributed by atoms with E-state index in [0.717, 1.165) is 79.0 Å². The predicted molar refractivity (Wildman–Crippen MR) is 104 cm³/mol. The lowest BCUT2D eigenvalue weighted by Crippen LogP contribution is -2.15.